The van der Waals surface area contributed by atoms with Gasteiger partial charge in [-0.05, 0) is 30.3 Å². The largest absolute Gasteiger partial charge is 0.497 e. The molecule has 1 amide bonds. The smallest absolute Gasteiger partial charge is 0.259 e. The number of carbonyl (C=O) groups is 1. The topological polar surface area (TPSA) is 77.2 Å². The van der Waals surface area contributed by atoms with Crippen molar-refractivity contribution in [2.75, 3.05) is 18.2 Å². The molecule has 0 aliphatic carbocycles. The first-order chi connectivity index (χ1) is 11.6. The second-order valence-electron chi connectivity index (χ2n) is 4.96. The first kappa shape index (κ1) is 15.9. The summed E-state index contributed by atoms with van der Waals surface area (Å²) < 4.78 is 18.5. The minimum Gasteiger partial charge on any atom is -0.497 e. The first-order valence-corrected chi connectivity index (χ1v) is 7.91. The van der Waals surface area contributed by atoms with E-state index in [1.807, 2.05) is 29.6 Å². The number of benzene rings is 2. The molecule has 1 aromatic heterocycles. The zero-order chi connectivity index (χ0) is 17.1. The van der Waals surface area contributed by atoms with Gasteiger partial charge in [-0.25, -0.2) is 9.37 Å². The lowest BCUT2D eigenvalue weighted by Crippen LogP contribution is -2.14. The van der Waals surface area contributed by atoms with E-state index in [-0.39, 0.29) is 11.3 Å². The van der Waals surface area contributed by atoms with Crippen LogP contribution in [0, 0.1) is 5.82 Å². The molecular weight excluding hydrogens is 329 g/mol. The summed E-state index contributed by atoms with van der Waals surface area (Å²) in [6.45, 7) is 0. The minimum absolute atomic E-state index is 0.0770. The van der Waals surface area contributed by atoms with Crippen molar-refractivity contribution in [3.63, 3.8) is 0 Å². The van der Waals surface area contributed by atoms with E-state index >= 15 is 0 Å². The molecule has 0 atom stereocenters. The summed E-state index contributed by atoms with van der Waals surface area (Å²) in [6.07, 6.45) is 0. The van der Waals surface area contributed by atoms with Crippen LogP contribution in [0.5, 0.6) is 5.75 Å². The van der Waals surface area contributed by atoms with E-state index in [0.29, 0.717) is 10.8 Å². The number of rotatable bonds is 4. The highest BCUT2D eigenvalue weighted by Crippen LogP contribution is 2.28. The highest BCUT2D eigenvalue weighted by atomic mass is 32.1. The Bertz CT molecular complexity index is 895. The fourth-order valence-electron chi connectivity index (χ4n) is 2.14. The summed E-state index contributed by atoms with van der Waals surface area (Å²) >= 11 is 1.27. The van der Waals surface area contributed by atoms with E-state index < -0.39 is 11.7 Å². The lowest BCUT2D eigenvalue weighted by molar-refractivity contribution is 0.102. The number of nitrogens with two attached hydrogens (primary N) is 1. The standard InChI is InChI=1S/C17H14FN3O2S/c1-23-12-4-2-3-10(7-12)15-9-24-17(20-15)21-16(22)13-8-11(18)5-6-14(13)19/h2-9H,19H2,1H3,(H,20,21,22). The van der Waals surface area contributed by atoms with Crippen LogP contribution < -0.4 is 15.8 Å². The van der Waals surface area contributed by atoms with Crippen LogP contribution in [0.15, 0.2) is 47.8 Å². The van der Waals surface area contributed by atoms with Gasteiger partial charge in [0.2, 0.25) is 0 Å². The van der Waals surface area contributed by atoms with Crippen LogP contribution in [0.1, 0.15) is 10.4 Å². The van der Waals surface area contributed by atoms with Gasteiger partial charge in [-0.1, -0.05) is 12.1 Å². The van der Waals surface area contributed by atoms with Gasteiger partial charge in [-0.2, -0.15) is 0 Å². The van der Waals surface area contributed by atoms with E-state index in [9.17, 15) is 9.18 Å². The van der Waals surface area contributed by atoms with E-state index in [2.05, 4.69) is 10.3 Å². The Balaban J connectivity index is 1.81. The highest BCUT2D eigenvalue weighted by Gasteiger charge is 2.13. The third-order valence-electron chi connectivity index (χ3n) is 3.35. The number of methoxy groups -OCH3 is 1. The number of nitrogens with zero attached hydrogens (tertiary/aromatic N) is 1. The highest BCUT2D eigenvalue weighted by molar-refractivity contribution is 7.14. The van der Waals surface area contributed by atoms with Crippen molar-refractivity contribution in [1.82, 2.24) is 4.98 Å². The zero-order valence-electron chi connectivity index (χ0n) is 12.7. The molecule has 24 heavy (non-hydrogen) atoms. The molecule has 0 fully saturated rings. The second-order valence-corrected chi connectivity index (χ2v) is 5.81. The summed E-state index contributed by atoms with van der Waals surface area (Å²) in [6, 6.07) is 11.1. The van der Waals surface area contributed by atoms with Crippen LogP contribution in [-0.4, -0.2) is 18.0 Å². The molecule has 122 valence electrons. The van der Waals surface area contributed by atoms with E-state index in [4.69, 9.17) is 10.5 Å². The second kappa shape index (κ2) is 6.67. The van der Waals surface area contributed by atoms with E-state index in [1.54, 1.807) is 7.11 Å². The number of nitrogen functional groups attached to an aromatic ring is 1. The SMILES string of the molecule is COc1cccc(-c2csc(NC(=O)c3cc(F)ccc3N)n2)c1. The molecule has 1 heterocycles. The van der Waals surface area contributed by atoms with Crippen molar-refractivity contribution in [1.29, 1.82) is 0 Å². The van der Waals surface area contributed by atoms with Crippen molar-refractivity contribution in [2.45, 2.75) is 0 Å². The lowest BCUT2D eigenvalue weighted by atomic mass is 10.1. The minimum atomic E-state index is -0.523. The number of hydrogen-bond donors (Lipinski definition) is 2. The maximum atomic E-state index is 13.3. The maximum Gasteiger partial charge on any atom is 0.259 e. The molecule has 0 saturated carbocycles. The predicted molar refractivity (Wildman–Crippen MR) is 92.9 cm³/mol. The number of anilines is 2. The Morgan fingerprint density at radius 3 is 2.92 bits per heavy atom. The number of aromatic nitrogens is 1. The van der Waals surface area contributed by atoms with Crippen molar-refractivity contribution in [3.8, 4) is 17.0 Å². The quantitative estimate of drug-likeness (QED) is 0.707. The molecule has 3 aromatic rings. The Hall–Kier alpha value is -2.93. The third kappa shape index (κ3) is 3.36. The van der Waals surface area contributed by atoms with Gasteiger partial charge in [0.25, 0.3) is 5.91 Å². The van der Waals surface area contributed by atoms with Crippen LogP contribution in [0.3, 0.4) is 0 Å². The van der Waals surface area contributed by atoms with Gasteiger partial charge in [0.1, 0.15) is 11.6 Å². The molecule has 2 aromatic carbocycles. The summed E-state index contributed by atoms with van der Waals surface area (Å²) in [5.74, 6) is -0.303. The summed E-state index contributed by atoms with van der Waals surface area (Å²) in [7, 11) is 1.59. The van der Waals surface area contributed by atoms with Crippen LogP contribution in [0.4, 0.5) is 15.2 Å². The Kier molecular flexibility index (Phi) is 4.43. The van der Waals surface area contributed by atoms with Gasteiger partial charge < -0.3 is 10.5 Å². The number of ether oxygens (including phenoxy) is 1. The molecule has 0 spiro atoms. The monoisotopic (exact) mass is 343 g/mol. The number of hydrogen-bond acceptors (Lipinski definition) is 5. The van der Waals surface area contributed by atoms with Gasteiger partial charge in [-0.3, -0.25) is 10.1 Å². The number of nitrogens with one attached hydrogen (secondary N) is 1. The molecule has 3 N–H and O–H groups in total. The molecule has 0 aliphatic heterocycles. The van der Waals surface area contributed by atoms with Crippen LogP contribution >= 0.6 is 11.3 Å². The van der Waals surface area contributed by atoms with Gasteiger partial charge in [0.15, 0.2) is 5.13 Å². The van der Waals surface area contributed by atoms with Crippen LogP contribution in [-0.2, 0) is 0 Å². The molecule has 0 saturated heterocycles. The third-order valence-corrected chi connectivity index (χ3v) is 4.11. The van der Waals surface area contributed by atoms with Gasteiger partial charge in [-0.15, -0.1) is 11.3 Å². The van der Waals surface area contributed by atoms with Crippen molar-refractivity contribution < 1.29 is 13.9 Å². The van der Waals surface area contributed by atoms with Gasteiger partial charge >= 0.3 is 0 Å². The number of carbonyl (C=O) groups excluding carboxylic acids is 1. The normalized spacial score (nSPS) is 10.4. The predicted octanol–water partition coefficient (Wildman–Crippen LogP) is 3.79. The summed E-state index contributed by atoms with van der Waals surface area (Å²) in [4.78, 5) is 16.6. The van der Waals surface area contributed by atoms with Crippen molar-refractivity contribution in [3.05, 3.63) is 59.2 Å². The fourth-order valence-corrected chi connectivity index (χ4v) is 2.85. The Morgan fingerprint density at radius 1 is 1.29 bits per heavy atom. The molecule has 0 radical (unpaired) electrons. The molecule has 0 unspecified atom stereocenters. The van der Waals surface area contributed by atoms with E-state index in [0.717, 1.165) is 17.4 Å². The molecule has 0 aliphatic rings. The number of amides is 1. The number of thiazole rings is 1. The summed E-state index contributed by atoms with van der Waals surface area (Å²) in [5.41, 5.74) is 7.58. The molecular formula is C17H14FN3O2S. The fraction of sp³-hybridized carbons (Fsp3) is 0.0588. The molecule has 7 heteroatoms. The molecule has 5 nitrogen and oxygen atoms in total. The number of halogens is 1. The summed E-state index contributed by atoms with van der Waals surface area (Å²) in [5, 5.41) is 4.86. The average Bonchev–Trinajstić information content (AvgIpc) is 3.05. The van der Waals surface area contributed by atoms with Crippen LogP contribution in [0.2, 0.25) is 0 Å². The molecule has 0 bridgehead atoms. The maximum absolute atomic E-state index is 13.3. The van der Waals surface area contributed by atoms with Crippen molar-refractivity contribution >= 4 is 28.1 Å². The van der Waals surface area contributed by atoms with Crippen molar-refractivity contribution in [2.24, 2.45) is 0 Å². The molecule has 3 rings (SSSR count). The average molecular weight is 343 g/mol. The first-order valence-electron chi connectivity index (χ1n) is 7.03. The van der Waals surface area contributed by atoms with Crippen LogP contribution in [0.25, 0.3) is 11.3 Å². The van der Waals surface area contributed by atoms with Gasteiger partial charge in [0.05, 0.1) is 18.4 Å². The lowest BCUT2D eigenvalue weighted by Gasteiger charge is -2.05. The Morgan fingerprint density at radius 2 is 2.12 bits per heavy atom. The Labute approximate surface area is 141 Å². The van der Waals surface area contributed by atoms with Gasteiger partial charge in [0, 0.05) is 16.6 Å². The zero-order valence-corrected chi connectivity index (χ0v) is 13.6. The van der Waals surface area contributed by atoms with E-state index in [1.165, 1.54) is 23.5 Å².